The number of hydrogen-bond donors (Lipinski definition) is 3. The lowest BCUT2D eigenvalue weighted by Gasteiger charge is -2.17. The molecular formula is C26H28N4O3. The Balaban J connectivity index is 1.57. The number of nitrogens with zero attached hydrogens (tertiary/aromatic N) is 1. The lowest BCUT2D eigenvalue weighted by Crippen LogP contribution is -2.26. The van der Waals surface area contributed by atoms with Crippen molar-refractivity contribution >= 4 is 40.5 Å². The molecule has 0 unspecified atom stereocenters. The van der Waals surface area contributed by atoms with E-state index in [2.05, 4.69) is 16.0 Å². The predicted molar refractivity (Wildman–Crippen MR) is 133 cm³/mol. The molecular weight excluding hydrogens is 416 g/mol. The van der Waals surface area contributed by atoms with Crippen LogP contribution in [0.3, 0.4) is 0 Å². The number of carbonyl (C=O) groups excluding carboxylic acids is 3. The van der Waals surface area contributed by atoms with Crippen molar-refractivity contribution in [3.05, 3.63) is 83.9 Å². The van der Waals surface area contributed by atoms with E-state index in [0.29, 0.717) is 23.4 Å². The van der Waals surface area contributed by atoms with Crippen LogP contribution < -0.4 is 20.9 Å². The van der Waals surface area contributed by atoms with Crippen LogP contribution in [-0.2, 0) is 9.59 Å². The second-order valence-electron chi connectivity index (χ2n) is 7.56. The van der Waals surface area contributed by atoms with Gasteiger partial charge in [0.1, 0.15) is 0 Å². The normalized spacial score (nSPS) is 10.3. The van der Waals surface area contributed by atoms with E-state index in [9.17, 15) is 14.4 Å². The minimum Gasteiger partial charge on any atom is -0.376 e. The second kappa shape index (κ2) is 10.9. The maximum atomic E-state index is 12.7. The summed E-state index contributed by atoms with van der Waals surface area (Å²) < 4.78 is 0. The topological polar surface area (TPSA) is 90.5 Å². The molecule has 7 nitrogen and oxygen atoms in total. The third kappa shape index (κ3) is 6.20. The molecule has 0 spiro atoms. The zero-order chi connectivity index (χ0) is 23.8. The summed E-state index contributed by atoms with van der Waals surface area (Å²) in [6, 6.07) is 21.7. The molecule has 3 N–H and O–H groups in total. The van der Waals surface area contributed by atoms with Crippen LogP contribution in [-0.4, -0.2) is 31.3 Å². The highest BCUT2D eigenvalue weighted by Gasteiger charge is 2.13. The molecule has 0 aliphatic rings. The summed E-state index contributed by atoms with van der Waals surface area (Å²) in [4.78, 5) is 38.3. The first-order chi connectivity index (χ1) is 15.9. The van der Waals surface area contributed by atoms with Crippen molar-refractivity contribution in [2.24, 2.45) is 0 Å². The van der Waals surface area contributed by atoms with Crippen LogP contribution in [0, 0.1) is 6.92 Å². The highest BCUT2D eigenvalue weighted by molar-refractivity contribution is 6.06. The molecule has 33 heavy (non-hydrogen) atoms. The van der Waals surface area contributed by atoms with Crippen LogP contribution in [0.1, 0.15) is 29.3 Å². The average molecular weight is 445 g/mol. The lowest BCUT2D eigenvalue weighted by molar-refractivity contribution is -0.116. The van der Waals surface area contributed by atoms with Crippen LogP contribution in [0.25, 0.3) is 0 Å². The molecule has 0 bridgehead atoms. The van der Waals surface area contributed by atoms with E-state index >= 15 is 0 Å². The van der Waals surface area contributed by atoms with Gasteiger partial charge in [0.2, 0.25) is 11.8 Å². The Morgan fingerprint density at radius 3 is 2.12 bits per heavy atom. The predicted octanol–water partition coefficient (Wildman–Crippen LogP) is 4.67. The molecule has 3 amide bonds. The Bertz CT molecular complexity index is 1130. The molecule has 0 radical (unpaired) electrons. The molecule has 0 aliphatic carbocycles. The van der Waals surface area contributed by atoms with Crippen molar-refractivity contribution in [1.82, 2.24) is 0 Å². The van der Waals surface area contributed by atoms with E-state index in [4.69, 9.17) is 0 Å². The van der Waals surface area contributed by atoms with E-state index in [1.165, 1.54) is 0 Å². The van der Waals surface area contributed by atoms with Crippen LogP contribution >= 0.6 is 0 Å². The summed E-state index contributed by atoms with van der Waals surface area (Å²) in [5.74, 6) is -0.422. The molecule has 0 heterocycles. The highest BCUT2D eigenvalue weighted by atomic mass is 16.2. The zero-order valence-electron chi connectivity index (χ0n) is 19.0. The Morgan fingerprint density at radius 2 is 1.45 bits per heavy atom. The fraction of sp³-hybridized carbons (Fsp3) is 0.192. The van der Waals surface area contributed by atoms with Crippen molar-refractivity contribution in [1.29, 1.82) is 0 Å². The number of amides is 3. The molecule has 0 fully saturated rings. The maximum absolute atomic E-state index is 12.7. The molecule has 170 valence electrons. The minimum absolute atomic E-state index is 0.0590. The molecule has 0 aliphatic heterocycles. The van der Waals surface area contributed by atoms with Crippen LogP contribution in [0.2, 0.25) is 0 Å². The summed E-state index contributed by atoms with van der Waals surface area (Å²) in [6.45, 7) is 3.73. The maximum Gasteiger partial charge on any atom is 0.258 e. The van der Waals surface area contributed by atoms with Gasteiger partial charge in [-0.1, -0.05) is 31.2 Å². The zero-order valence-corrected chi connectivity index (χ0v) is 19.0. The van der Waals surface area contributed by atoms with Crippen molar-refractivity contribution in [3.8, 4) is 0 Å². The van der Waals surface area contributed by atoms with Crippen molar-refractivity contribution in [3.63, 3.8) is 0 Å². The fourth-order valence-electron chi connectivity index (χ4n) is 3.24. The SMILES string of the molecule is CCC(=O)Nc1cccc(NCC(=O)Nc2ccc(C(=O)N(C)c3ccccc3)cc2)c1C. The molecule has 0 atom stereocenters. The number of nitrogens with one attached hydrogen (secondary N) is 3. The Labute approximate surface area is 193 Å². The minimum atomic E-state index is -0.224. The van der Waals surface area contributed by atoms with Gasteiger partial charge in [-0.3, -0.25) is 14.4 Å². The van der Waals surface area contributed by atoms with E-state index in [-0.39, 0.29) is 24.3 Å². The quantitative estimate of drug-likeness (QED) is 0.471. The molecule has 0 saturated heterocycles. The highest BCUT2D eigenvalue weighted by Crippen LogP contribution is 2.23. The van der Waals surface area contributed by atoms with Crippen molar-refractivity contribution < 1.29 is 14.4 Å². The third-order valence-corrected chi connectivity index (χ3v) is 5.23. The van der Waals surface area contributed by atoms with Gasteiger partial charge in [-0.05, 0) is 61.0 Å². The third-order valence-electron chi connectivity index (χ3n) is 5.23. The van der Waals surface area contributed by atoms with Gasteiger partial charge in [0, 0.05) is 41.8 Å². The van der Waals surface area contributed by atoms with Gasteiger partial charge in [0.15, 0.2) is 0 Å². The number of hydrogen-bond acceptors (Lipinski definition) is 4. The number of rotatable bonds is 8. The van der Waals surface area contributed by atoms with E-state index in [1.807, 2.05) is 55.5 Å². The molecule has 0 aromatic heterocycles. The first kappa shape index (κ1) is 23.5. The van der Waals surface area contributed by atoms with Crippen LogP contribution in [0.4, 0.5) is 22.7 Å². The summed E-state index contributed by atoms with van der Waals surface area (Å²) in [5.41, 5.74) is 4.27. The first-order valence-corrected chi connectivity index (χ1v) is 10.8. The van der Waals surface area contributed by atoms with Gasteiger partial charge in [0.25, 0.3) is 5.91 Å². The molecule has 7 heteroatoms. The van der Waals surface area contributed by atoms with E-state index in [1.54, 1.807) is 43.1 Å². The number of benzene rings is 3. The molecule has 0 saturated carbocycles. The van der Waals surface area contributed by atoms with Crippen molar-refractivity contribution in [2.75, 3.05) is 34.4 Å². The summed E-state index contributed by atoms with van der Waals surface area (Å²) in [7, 11) is 1.73. The average Bonchev–Trinajstić information content (AvgIpc) is 2.84. The molecule has 3 rings (SSSR count). The Morgan fingerprint density at radius 1 is 0.788 bits per heavy atom. The molecule has 3 aromatic rings. The van der Waals surface area contributed by atoms with Gasteiger partial charge < -0.3 is 20.9 Å². The monoisotopic (exact) mass is 444 g/mol. The Hall–Kier alpha value is -4.13. The largest absolute Gasteiger partial charge is 0.376 e. The molecule has 3 aromatic carbocycles. The van der Waals surface area contributed by atoms with E-state index in [0.717, 1.165) is 16.9 Å². The second-order valence-corrected chi connectivity index (χ2v) is 7.56. The number of anilines is 4. The van der Waals surface area contributed by atoms with Crippen molar-refractivity contribution in [2.45, 2.75) is 20.3 Å². The van der Waals surface area contributed by atoms with Gasteiger partial charge in [0.05, 0.1) is 6.54 Å². The van der Waals surface area contributed by atoms with Crippen LogP contribution in [0.5, 0.6) is 0 Å². The summed E-state index contributed by atoms with van der Waals surface area (Å²) in [5, 5.41) is 8.77. The lowest BCUT2D eigenvalue weighted by atomic mass is 10.1. The first-order valence-electron chi connectivity index (χ1n) is 10.8. The smallest absolute Gasteiger partial charge is 0.258 e. The summed E-state index contributed by atoms with van der Waals surface area (Å²) in [6.07, 6.45) is 0.395. The Kier molecular flexibility index (Phi) is 7.81. The van der Waals surface area contributed by atoms with E-state index < -0.39 is 0 Å². The van der Waals surface area contributed by atoms with Gasteiger partial charge in [-0.25, -0.2) is 0 Å². The standard InChI is InChI=1S/C26H28N4O3/c1-4-24(31)29-23-12-8-11-22(18(23)2)27-17-25(32)28-20-15-13-19(14-16-20)26(33)30(3)21-9-6-5-7-10-21/h5-16,27H,4,17H2,1-3H3,(H,28,32)(H,29,31). The van der Waals surface area contributed by atoms with Gasteiger partial charge in [-0.15, -0.1) is 0 Å². The van der Waals surface area contributed by atoms with Crippen LogP contribution in [0.15, 0.2) is 72.8 Å². The summed E-state index contributed by atoms with van der Waals surface area (Å²) >= 11 is 0. The number of carbonyl (C=O) groups is 3. The van der Waals surface area contributed by atoms with Gasteiger partial charge >= 0.3 is 0 Å². The van der Waals surface area contributed by atoms with Gasteiger partial charge in [-0.2, -0.15) is 0 Å². The number of para-hydroxylation sites is 1. The fourth-order valence-corrected chi connectivity index (χ4v) is 3.24.